The molecule has 1 amide bonds. The van der Waals surface area contributed by atoms with Gasteiger partial charge in [0.15, 0.2) is 6.61 Å². The first-order valence-corrected chi connectivity index (χ1v) is 9.47. The number of nitrogens with one attached hydrogen (secondary N) is 1. The van der Waals surface area contributed by atoms with Gasteiger partial charge in [-0.05, 0) is 42.9 Å². The van der Waals surface area contributed by atoms with Crippen molar-refractivity contribution in [2.45, 2.75) is 51.0 Å². The van der Waals surface area contributed by atoms with E-state index in [-0.39, 0.29) is 5.92 Å². The Bertz CT molecular complexity index is 699. The summed E-state index contributed by atoms with van der Waals surface area (Å²) in [5.74, 6) is -1.29. The third-order valence-corrected chi connectivity index (χ3v) is 5.07. The number of ether oxygens (including phenoxy) is 2. The molecule has 1 aliphatic carbocycles. The van der Waals surface area contributed by atoms with E-state index in [1.807, 2.05) is 19.9 Å². The summed E-state index contributed by atoms with van der Waals surface area (Å²) >= 11 is 6.05. The first-order valence-electron chi connectivity index (χ1n) is 9.09. The molecule has 7 heteroatoms. The molecule has 1 fully saturated rings. The largest absolute Gasteiger partial charge is 0.467 e. The molecule has 1 aromatic carbocycles. The fraction of sp³-hybridized carbons (Fsp3) is 0.550. The molecule has 0 radical (unpaired) electrons. The maximum Gasteiger partial charge on any atom is 0.328 e. The van der Waals surface area contributed by atoms with Crippen molar-refractivity contribution < 1.29 is 23.9 Å². The number of rotatable bonds is 8. The van der Waals surface area contributed by atoms with Crippen molar-refractivity contribution in [3.63, 3.8) is 0 Å². The van der Waals surface area contributed by atoms with Crippen LogP contribution >= 0.6 is 11.6 Å². The van der Waals surface area contributed by atoms with Crippen LogP contribution in [0.5, 0.6) is 0 Å². The first-order chi connectivity index (χ1) is 12.8. The molecule has 0 heterocycles. The van der Waals surface area contributed by atoms with Gasteiger partial charge in [0.2, 0.25) is 0 Å². The minimum absolute atomic E-state index is 0.193. The second kappa shape index (κ2) is 9.22. The number of carbonyl (C=O) groups excluding carboxylic acids is 3. The van der Waals surface area contributed by atoms with E-state index in [0.717, 1.165) is 12.0 Å². The van der Waals surface area contributed by atoms with Gasteiger partial charge in [-0.1, -0.05) is 44.0 Å². The normalized spacial score (nSPS) is 16.2. The Hall–Kier alpha value is -2.08. The first kappa shape index (κ1) is 21.2. The smallest absolute Gasteiger partial charge is 0.328 e. The van der Waals surface area contributed by atoms with Crippen molar-refractivity contribution in [2.75, 3.05) is 13.7 Å². The molecule has 1 saturated carbocycles. The Kier molecular flexibility index (Phi) is 7.25. The summed E-state index contributed by atoms with van der Waals surface area (Å²) in [6.07, 6.45) is 2.67. The molecular formula is C20H26ClNO5. The van der Waals surface area contributed by atoms with Gasteiger partial charge in [-0.15, -0.1) is 0 Å². The molecule has 0 aromatic heterocycles. The molecule has 0 aliphatic heterocycles. The standard InChI is InChI=1S/C20H26ClNO5/c1-13(2)10-16(18(24)26-3)22-17(23)12-27-19(25)20(8-5-9-20)14-6-4-7-15(21)11-14/h4,6-7,11,13,16H,5,8-10,12H2,1-3H3,(H,22,23). The fourth-order valence-corrected chi connectivity index (χ4v) is 3.45. The van der Waals surface area contributed by atoms with Gasteiger partial charge in [-0.3, -0.25) is 9.59 Å². The Morgan fingerprint density at radius 1 is 1.26 bits per heavy atom. The lowest BCUT2D eigenvalue weighted by Crippen LogP contribution is -2.47. The average molecular weight is 396 g/mol. The summed E-state index contributed by atoms with van der Waals surface area (Å²) in [6, 6.07) is 6.40. The van der Waals surface area contributed by atoms with Gasteiger partial charge < -0.3 is 14.8 Å². The summed E-state index contributed by atoms with van der Waals surface area (Å²) in [7, 11) is 1.27. The van der Waals surface area contributed by atoms with Crippen molar-refractivity contribution in [3.8, 4) is 0 Å². The number of carbonyl (C=O) groups is 3. The van der Waals surface area contributed by atoms with E-state index < -0.39 is 35.9 Å². The summed E-state index contributed by atoms with van der Waals surface area (Å²) in [5, 5.41) is 3.13. The Morgan fingerprint density at radius 3 is 2.48 bits per heavy atom. The van der Waals surface area contributed by atoms with E-state index in [9.17, 15) is 14.4 Å². The second-order valence-corrected chi connectivity index (χ2v) is 7.73. The number of halogens is 1. The molecule has 27 heavy (non-hydrogen) atoms. The van der Waals surface area contributed by atoms with Crippen LogP contribution in [-0.4, -0.2) is 37.6 Å². The summed E-state index contributed by atoms with van der Waals surface area (Å²) in [4.78, 5) is 36.6. The highest BCUT2D eigenvalue weighted by Gasteiger charge is 2.47. The zero-order valence-corrected chi connectivity index (χ0v) is 16.7. The molecular weight excluding hydrogens is 370 g/mol. The van der Waals surface area contributed by atoms with Crippen molar-refractivity contribution in [2.24, 2.45) is 5.92 Å². The second-order valence-electron chi connectivity index (χ2n) is 7.29. The molecule has 1 N–H and O–H groups in total. The fourth-order valence-electron chi connectivity index (χ4n) is 3.26. The van der Waals surface area contributed by atoms with Gasteiger partial charge >= 0.3 is 11.9 Å². The molecule has 0 spiro atoms. The van der Waals surface area contributed by atoms with Crippen molar-refractivity contribution >= 4 is 29.4 Å². The van der Waals surface area contributed by atoms with E-state index in [1.165, 1.54) is 7.11 Å². The average Bonchev–Trinajstić information content (AvgIpc) is 2.57. The number of amides is 1. The summed E-state index contributed by atoms with van der Waals surface area (Å²) < 4.78 is 9.99. The quantitative estimate of drug-likeness (QED) is 0.684. The van der Waals surface area contributed by atoms with Crippen molar-refractivity contribution in [1.29, 1.82) is 0 Å². The van der Waals surface area contributed by atoms with Crippen LogP contribution in [0.4, 0.5) is 0 Å². The van der Waals surface area contributed by atoms with Crippen LogP contribution in [-0.2, 0) is 29.3 Å². The minimum Gasteiger partial charge on any atom is -0.467 e. The maximum atomic E-state index is 12.7. The molecule has 148 valence electrons. The van der Waals surface area contributed by atoms with Gasteiger partial charge in [-0.25, -0.2) is 4.79 Å². The predicted octanol–water partition coefficient (Wildman–Crippen LogP) is 3.01. The van der Waals surface area contributed by atoms with Crippen LogP contribution in [0.3, 0.4) is 0 Å². The van der Waals surface area contributed by atoms with E-state index in [0.29, 0.717) is 24.3 Å². The zero-order valence-electron chi connectivity index (χ0n) is 15.9. The minimum atomic E-state index is -0.758. The third kappa shape index (κ3) is 5.22. The van der Waals surface area contributed by atoms with Crippen LogP contribution in [0.2, 0.25) is 5.02 Å². The van der Waals surface area contributed by atoms with E-state index >= 15 is 0 Å². The Morgan fingerprint density at radius 2 is 1.96 bits per heavy atom. The summed E-state index contributed by atoms with van der Waals surface area (Å²) in [5.41, 5.74) is 0.0594. The highest BCUT2D eigenvalue weighted by Crippen LogP contribution is 2.45. The topological polar surface area (TPSA) is 81.7 Å². The van der Waals surface area contributed by atoms with Crippen LogP contribution < -0.4 is 5.32 Å². The molecule has 1 atom stereocenters. The molecule has 2 rings (SSSR count). The lowest BCUT2D eigenvalue weighted by molar-refractivity contribution is -0.158. The van der Waals surface area contributed by atoms with Gasteiger partial charge in [0.05, 0.1) is 12.5 Å². The third-order valence-electron chi connectivity index (χ3n) is 4.84. The lowest BCUT2D eigenvalue weighted by atomic mass is 9.64. The van der Waals surface area contributed by atoms with Crippen LogP contribution in [0, 0.1) is 5.92 Å². The van der Waals surface area contributed by atoms with E-state index in [2.05, 4.69) is 5.32 Å². The molecule has 1 aliphatic rings. The number of hydrogen-bond donors (Lipinski definition) is 1. The number of benzene rings is 1. The lowest BCUT2D eigenvalue weighted by Gasteiger charge is -2.39. The van der Waals surface area contributed by atoms with Crippen LogP contribution in [0.15, 0.2) is 24.3 Å². The zero-order chi connectivity index (χ0) is 20.0. The van der Waals surface area contributed by atoms with Crippen molar-refractivity contribution in [1.82, 2.24) is 5.32 Å². The predicted molar refractivity (Wildman–Crippen MR) is 101 cm³/mol. The highest BCUT2D eigenvalue weighted by atomic mass is 35.5. The van der Waals surface area contributed by atoms with E-state index in [4.69, 9.17) is 21.1 Å². The highest BCUT2D eigenvalue weighted by molar-refractivity contribution is 6.30. The SMILES string of the molecule is COC(=O)C(CC(C)C)NC(=O)COC(=O)C1(c2cccc(Cl)c2)CCC1. The molecule has 0 bridgehead atoms. The Balaban J connectivity index is 1.97. The van der Waals surface area contributed by atoms with E-state index in [1.54, 1.807) is 18.2 Å². The van der Waals surface area contributed by atoms with Crippen LogP contribution in [0.25, 0.3) is 0 Å². The van der Waals surface area contributed by atoms with Gasteiger partial charge in [0.25, 0.3) is 5.91 Å². The Labute approximate surface area is 164 Å². The molecule has 1 aromatic rings. The van der Waals surface area contributed by atoms with Gasteiger partial charge in [-0.2, -0.15) is 0 Å². The summed E-state index contributed by atoms with van der Waals surface area (Å²) in [6.45, 7) is 3.44. The maximum absolute atomic E-state index is 12.7. The monoisotopic (exact) mass is 395 g/mol. The van der Waals surface area contributed by atoms with Crippen molar-refractivity contribution in [3.05, 3.63) is 34.9 Å². The molecule has 1 unspecified atom stereocenters. The number of hydrogen-bond acceptors (Lipinski definition) is 5. The number of methoxy groups -OCH3 is 1. The molecule has 6 nitrogen and oxygen atoms in total. The number of esters is 2. The molecule has 0 saturated heterocycles. The van der Waals surface area contributed by atoms with Gasteiger partial charge in [0, 0.05) is 5.02 Å². The van der Waals surface area contributed by atoms with Gasteiger partial charge in [0.1, 0.15) is 6.04 Å². The van der Waals surface area contributed by atoms with Crippen LogP contribution in [0.1, 0.15) is 45.1 Å².